The van der Waals surface area contributed by atoms with Crippen LogP contribution in [0.15, 0.2) is 86.9 Å². The predicted molar refractivity (Wildman–Crippen MR) is 98.3 cm³/mol. The SMILES string of the molecule is Brc1ccc(N=CC=CC=CNc2ccc(Br)cc2)cc1.[Cl-]. The van der Waals surface area contributed by atoms with Crippen molar-refractivity contribution in [1.29, 1.82) is 0 Å². The van der Waals surface area contributed by atoms with Gasteiger partial charge >= 0.3 is 0 Å². The Bertz CT molecular complexity index is 647. The molecular formula is C17H14Br2ClN2-. The zero-order valence-corrected chi connectivity index (χ0v) is 15.5. The van der Waals surface area contributed by atoms with Crippen molar-refractivity contribution in [3.05, 3.63) is 81.9 Å². The maximum Gasteiger partial charge on any atom is 0.0630 e. The van der Waals surface area contributed by atoms with Crippen molar-refractivity contribution in [3.8, 4) is 0 Å². The average Bonchev–Trinajstić information content (AvgIpc) is 2.50. The van der Waals surface area contributed by atoms with Crippen molar-refractivity contribution in [2.75, 3.05) is 5.32 Å². The summed E-state index contributed by atoms with van der Waals surface area (Å²) in [7, 11) is 0. The van der Waals surface area contributed by atoms with Crippen LogP contribution < -0.4 is 17.7 Å². The highest BCUT2D eigenvalue weighted by Gasteiger charge is 1.87. The molecule has 0 amide bonds. The molecule has 0 radical (unpaired) electrons. The normalized spacial score (nSPS) is 11.2. The molecule has 0 unspecified atom stereocenters. The van der Waals surface area contributed by atoms with Gasteiger partial charge in [0.05, 0.1) is 5.69 Å². The number of halogens is 3. The van der Waals surface area contributed by atoms with E-state index in [1.165, 1.54) is 0 Å². The summed E-state index contributed by atoms with van der Waals surface area (Å²) in [4.78, 5) is 4.32. The lowest BCUT2D eigenvalue weighted by atomic mass is 10.3. The fourth-order valence-electron chi connectivity index (χ4n) is 1.52. The first kappa shape index (κ1) is 18.7. The molecule has 0 spiro atoms. The lowest BCUT2D eigenvalue weighted by Crippen LogP contribution is -3.00. The van der Waals surface area contributed by atoms with Gasteiger partial charge in [-0.25, -0.2) is 0 Å². The van der Waals surface area contributed by atoms with E-state index in [0.717, 1.165) is 20.3 Å². The van der Waals surface area contributed by atoms with E-state index >= 15 is 0 Å². The summed E-state index contributed by atoms with van der Waals surface area (Å²) in [5, 5.41) is 3.18. The minimum atomic E-state index is 0. The van der Waals surface area contributed by atoms with E-state index in [2.05, 4.69) is 42.2 Å². The van der Waals surface area contributed by atoms with Crippen LogP contribution >= 0.6 is 31.9 Å². The second-order valence-electron chi connectivity index (χ2n) is 4.15. The summed E-state index contributed by atoms with van der Waals surface area (Å²) in [5.41, 5.74) is 1.98. The number of nitrogens with one attached hydrogen (secondary N) is 1. The number of allylic oxidation sites excluding steroid dienone is 3. The van der Waals surface area contributed by atoms with Crippen LogP contribution in [0.3, 0.4) is 0 Å². The number of benzene rings is 2. The summed E-state index contributed by atoms with van der Waals surface area (Å²) in [6.45, 7) is 0. The molecule has 2 nitrogen and oxygen atoms in total. The molecule has 1 N–H and O–H groups in total. The van der Waals surface area contributed by atoms with E-state index in [9.17, 15) is 0 Å². The molecule has 2 aromatic carbocycles. The first-order valence-corrected chi connectivity index (χ1v) is 7.96. The van der Waals surface area contributed by atoms with Crippen LogP contribution in [0.4, 0.5) is 11.4 Å². The average molecular weight is 442 g/mol. The second-order valence-corrected chi connectivity index (χ2v) is 5.98. The summed E-state index contributed by atoms with van der Waals surface area (Å²) < 4.78 is 2.13. The van der Waals surface area contributed by atoms with E-state index in [0.29, 0.717) is 0 Å². The maximum atomic E-state index is 4.32. The highest BCUT2D eigenvalue weighted by Crippen LogP contribution is 2.16. The monoisotopic (exact) mass is 439 g/mol. The molecule has 22 heavy (non-hydrogen) atoms. The van der Waals surface area contributed by atoms with Crippen LogP contribution in [-0.4, -0.2) is 6.21 Å². The maximum absolute atomic E-state index is 4.32. The molecule has 0 saturated carbocycles. The molecule has 0 aliphatic rings. The Hall–Kier alpha value is -1.36. The van der Waals surface area contributed by atoms with Crippen molar-refractivity contribution in [2.24, 2.45) is 4.99 Å². The van der Waals surface area contributed by atoms with E-state index in [1.807, 2.05) is 73.0 Å². The van der Waals surface area contributed by atoms with Crippen LogP contribution in [0.2, 0.25) is 0 Å². The van der Waals surface area contributed by atoms with Gasteiger partial charge < -0.3 is 17.7 Å². The van der Waals surface area contributed by atoms with Crippen LogP contribution in [0.25, 0.3) is 0 Å². The quantitative estimate of drug-likeness (QED) is 0.560. The molecule has 2 aromatic rings. The van der Waals surface area contributed by atoms with Crippen molar-refractivity contribution >= 4 is 49.4 Å². The van der Waals surface area contributed by atoms with Crippen molar-refractivity contribution in [2.45, 2.75) is 0 Å². The first-order chi connectivity index (χ1) is 10.2. The molecule has 0 atom stereocenters. The van der Waals surface area contributed by atoms with Gasteiger partial charge in [0, 0.05) is 27.0 Å². The lowest BCUT2D eigenvalue weighted by molar-refractivity contribution is -0.00000389. The Balaban J connectivity index is 0.00000242. The van der Waals surface area contributed by atoms with Gasteiger partial charge in [-0.05, 0) is 60.7 Å². The number of rotatable bonds is 5. The van der Waals surface area contributed by atoms with E-state index in [4.69, 9.17) is 0 Å². The van der Waals surface area contributed by atoms with E-state index < -0.39 is 0 Å². The second kappa shape index (κ2) is 10.4. The van der Waals surface area contributed by atoms with E-state index in [-0.39, 0.29) is 12.4 Å². The number of nitrogens with zero attached hydrogens (tertiary/aromatic N) is 1. The lowest BCUT2D eigenvalue weighted by Gasteiger charge is -1.98. The number of hydrogen-bond acceptors (Lipinski definition) is 2. The van der Waals surface area contributed by atoms with Crippen molar-refractivity contribution in [1.82, 2.24) is 0 Å². The highest BCUT2D eigenvalue weighted by molar-refractivity contribution is 9.10. The van der Waals surface area contributed by atoms with Crippen LogP contribution in [0, 0.1) is 0 Å². The van der Waals surface area contributed by atoms with Gasteiger partial charge in [0.1, 0.15) is 0 Å². The molecule has 2 rings (SSSR count). The van der Waals surface area contributed by atoms with Gasteiger partial charge in [-0.3, -0.25) is 4.99 Å². The number of aliphatic imine (C=N–C) groups is 1. The summed E-state index contributed by atoms with van der Waals surface area (Å²) in [6.07, 6.45) is 9.39. The van der Waals surface area contributed by atoms with Crippen molar-refractivity contribution < 1.29 is 12.4 Å². The Morgan fingerprint density at radius 3 is 2.00 bits per heavy atom. The molecule has 0 aliphatic heterocycles. The third-order valence-electron chi connectivity index (χ3n) is 2.55. The predicted octanol–water partition coefficient (Wildman–Crippen LogP) is 3.10. The Morgan fingerprint density at radius 2 is 1.36 bits per heavy atom. The van der Waals surface area contributed by atoms with Crippen LogP contribution in [0.1, 0.15) is 0 Å². The zero-order chi connectivity index (χ0) is 14.9. The third kappa shape index (κ3) is 7.07. The Morgan fingerprint density at radius 1 is 0.773 bits per heavy atom. The van der Waals surface area contributed by atoms with Crippen molar-refractivity contribution in [3.63, 3.8) is 0 Å². The standard InChI is InChI=1S/C17H14Br2N2.ClH/c18-14-4-8-16(9-5-14)20-12-2-1-3-13-21-17-10-6-15(19)7-11-17;/h1-13,20H;1H/p-1. The minimum Gasteiger partial charge on any atom is -1.00 e. The number of anilines is 1. The Kier molecular flexibility index (Phi) is 8.82. The topological polar surface area (TPSA) is 24.4 Å². The molecule has 114 valence electrons. The van der Waals surface area contributed by atoms with Gasteiger partial charge in [-0.2, -0.15) is 0 Å². The molecule has 0 heterocycles. The molecule has 5 heteroatoms. The molecule has 0 aliphatic carbocycles. The third-order valence-corrected chi connectivity index (χ3v) is 3.61. The first-order valence-electron chi connectivity index (χ1n) is 6.37. The number of hydrogen-bond donors (Lipinski definition) is 1. The fourth-order valence-corrected chi connectivity index (χ4v) is 2.04. The molecular weight excluding hydrogens is 427 g/mol. The van der Waals surface area contributed by atoms with Crippen LogP contribution in [-0.2, 0) is 0 Å². The van der Waals surface area contributed by atoms with Gasteiger partial charge in [-0.15, -0.1) is 0 Å². The largest absolute Gasteiger partial charge is 1.00 e. The Labute approximate surface area is 153 Å². The smallest absolute Gasteiger partial charge is 0.0630 e. The fraction of sp³-hybridized carbons (Fsp3) is 0. The van der Waals surface area contributed by atoms with Gasteiger partial charge in [0.25, 0.3) is 0 Å². The summed E-state index contributed by atoms with van der Waals surface area (Å²) in [5.74, 6) is 0. The zero-order valence-electron chi connectivity index (χ0n) is 11.6. The van der Waals surface area contributed by atoms with Gasteiger partial charge in [-0.1, -0.05) is 37.9 Å². The van der Waals surface area contributed by atoms with Gasteiger partial charge in [0.15, 0.2) is 0 Å². The van der Waals surface area contributed by atoms with Gasteiger partial charge in [0.2, 0.25) is 0 Å². The highest BCUT2D eigenvalue weighted by atomic mass is 79.9. The molecule has 0 saturated heterocycles. The van der Waals surface area contributed by atoms with Crippen LogP contribution in [0.5, 0.6) is 0 Å². The molecule has 0 aromatic heterocycles. The minimum absolute atomic E-state index is 0. The summed E-state index contributed by atoms with van der Waals surface area (Å²) >= 11 is 6.80. The molecule has 0 bridgehead atoms. The molecule has 0 fully saturated rings. The van der Waals surface area contributed by atoms with E-state index in [1.54, 1.807) is 6.21 Å². The summed E-state index contributed by atoms with van der Waals surface area (Å²) in [6, 6.07) is 15.9.